The van der Waals surface area contributed by atoms with Gasteiger partial charge < -0.3 is 10.2 Å². The molecule has 2 aromatic carbocycles. The third-order valence-electron chi connectivity index (χ3n) is 4.46. The molecule has 0 unspecified atom stereocenters. The summed E-state index contributed by atoms with van der Waals surface area (Å²) in [5.41, 5.74) is -0.279. The molecule has 0 bridgehead atoms. The highest BCUT2D eigenvalue weighted by molar-refractivity contribution is 7.89. The molecular weight excluding hydrogens is 412 g/mol. The number of amides is 1. The van der Waals surface area contributed by atoms with E-state index in [9.17, 15) is 22.0 Å². The zero-order chi connectivity index (χ0) is 20.5. The average molecular weight is 430 g/mol. The Bertz CT molecular complexity index is 1010. The van der Waals surface area contributed by atoms with Gasteiger partial charge in [-0.2, -0.15) is 4.31 Å². The Balaban J connectivity index is 1.86. The van der Waals surface area contributed by atoms with Crippen molar-refractivity contribution in [2.75, 3.05) is 38.5 Å². The van der Waals surface area contributed by atoms with E-state index in [2.05, 4.69) is 5.32 Å². The van der Waals surface area contributed by atoms with Crippen LogP contribution in [0.15, 0.2) is 41.3 Å². The monoisotopic (exact) mass is 429 g/mol. The zero-order valence-electron chi connectivity index (χ0n) is 15.0. The van der Waals surface area contributed by atoms with Crippen LogP contribution >= 0.6 is 11.6 Å². The van der Waals surface area contributed by atoms with Gasteiger partial charge in [0, 0.05) is 31.9 Å². The molecule has 1 aliphatic heterocycles. The molecule has 0 radical (unpaired) electrons. The number of nitrogens with one attached hydrogen (secondary N) is 1. The summed E-state index contributed by atoms with van der Waals surface area (Å²) in [6.07, 6.45) is 0. The maximum atomic E-state index is 14.2. The number of hydrogen-bond acceptors (Lipinski definition) is 4. The highest BCUT2D eigenvalue weighted by atomic mass is 35.5. The van der Waals surface area contributed by atoms with Crippen molar-refractivity contribution in [3.05, 3.63) is 58.6 Å². The molecular formula is C18H18ClF2N3O3S. The fraction of sp³-hybridized carbons (Fsp3) is 0.278. The molecule has 0 atom stereocenters. The maximum Gasteiger partial charge on any atom is 0.258 e. The minimum atomic E-state index is -3.85. The van der Waals surface area contributed by atoms with E-state index in [1.54, 1.807) is 0 Å². The number of rotatable bonds is 4. The minimum absolute atomic E-state index is 0.156. The number of halogens is 3. The molecule has 1 saturated heterocycles. The first-order valence-electron chi connectivity index (χ1n) is 8.43. The van der Waals surface area contributed by atoms with Gasteiger partial charge in [0.2, 0.25) is 10.0 Å². The van der Waals surface area contributed by atoms with Gasteiger partial charge in [-0.1, -0.05) is 11.6 Å². The summed E-state index contributed by atoms with van der Waals surface area (Å²) in [5, 5.41) is 2.18. The second-order valence-corrected chi connectivity index (χ2v) is 8.78. The van der Waals surface area contributed by atoms with Crippen LogP contribution in [0.5, 0.6) is 0 Å². The molecule has 1 fully saturated rings. The molecule has 3 rings (SSSR count). The van der Waals surface area contributed by atoms with Gasteiger partial charge in [-0.3, -0.25) is 4.79 Å². The molecule has 1 N–H and O–H groups in total. The third-order valence-corrected chi connectivity index (χ3v) is 6.64. The smallest absolute Gasteiger partial charge is 0.258 e. The Labute approximate surface area is 166 Å². The van der Waals surface area contributed by atoms with Crippen LogP contribution in [0.1, 0.15) is 10.4 Å². The minimum Gasteiger partial charge on any atom is -0.322 e. The lowest BCUT2D eigenvalue weighted by Crippen LogP contribution is -2.47. The van der Waals surface area contributed by atoms with Crippen LogP contribution < -0.4 is 5.32 Å². The van der Waals surface area contributed by atoms with Gasteiger partial charge in [-0.05, 0) is 43.4 Å². The number of carbonyl (C=O) groups is 1. The number of hydrogen-bond donors (Lipinski definition) is 1. The van der Waals surface area contributed by atoms with Crippen molar-refractivity contribution in [2.45, 2.75) is 4.90 Å². The van der Waals surface area contributed by atoms with E-state index in [0.29, 0.717) is 26.2 Å². The van der Waals surface area contributed by atoms with Crippen molar-refractivity contribution in [3.8, 4) is 0 Å². The Morgan fingerprint density at radius 3 is 2.32 bits per heavy atom. The second kappa shape index (κ2) is 8.12. The van der Waals surface area contributed by atoms with E-state index < -0.39 is 33.1 Å². The van der Waals surface area contributed by atoms with E-state index in [1.807, 2.05) is 11.9 Å². The van der Waals surface area contributed by atoms with Gasteiger partial charge in [0.15, 0.2) is 0 Å². The van der Waals surface area contributed by atoms with Crippen molar-refractivity contribution in [2.24, 2.45) is 0 Å². The Morgan fingerprint density at radius 2 is 1.68 bits per heavy atom. The van der Waals surface area contributed by atoms with Crippen molar-refractivity contribution in [1.82, 2.24) is 9.21 Å². The van der Waals surface area contributed by atoms with Crippen LogP contribution in [0.2, 0.25) is 5.02 Å². The second-order valence-electron chi connectivity index (χ2n) is 6.43. The lowest BCUT2D eigenvalue weighted by Gasteiger charge is -2.31. The van der Waals surface area contributed by atoms with Gasteiger partial charge in [0.05, 0.1) is 15.5 Å². The molecule has 28 heavy (non-hydrogen) atoms. The molecule has 0 spiro atoms. The number of carbonyl (C=O) groups excluding carboxylic acids is 1. The number of nitrogens with zero attached hydrogens (tertiary/aromatic N) is 2. The van der Waals surface area contributed by atoms with Gasteiger partial charge >= 0.3 is 0 Å². The highest BCUT2D eigenvalue weighted by Crippen LogP contribution is 2.23. The standard InChI is InChI=1S/C18H18ClF2N3O3S/c1-23-6-8-24(9-7-23)28(26,27)13-3-5-16(20)14(11-13)18(25)22-12-2-4-17(21)15(19)10-12/h2-5,10-11H,6-9H2,1H3,(H,22,25). The predicted molar refractivity (Wildman–Crippen MR) is 102 cm³/mol. The summed E-state index contributed by atoms with van der Waals surface area (Å²) >= 11 is 5.67. The van der Waals surface area contributed by atoms with E-state index in [1.165, 1.54) is 16.4 Å². The van der Waals surface area contributed by atoms with Crippen LogP contribution in [0.25, 0.3) is 0 Å². The molecule has 0 aliphatic carbocycles. The lowest BCUT2D eigenvalue weighted by atomic mass is 10.2. The van der Waals surface area contributed by atoms with Crippen molar-refractivity contribution < 1.29 is 22.0 Å². The number of anilines is 1. The Morgan fingerprint density at radius 1 is 1.04 bits per heavy atom. The SMILES string of the molecule is CN1CCN(S(=O)(=O)c2ccc(F)c(C(=O)Nc3ccc(F)c(Cl)c3)c2)CC1. The average Bonchev–Trinajstić information content (AvgIpc) is 2.65. The van der Waals surface area contributed by atoms with E-state index in [4.69, 9.17) is 11.6 Å². The van der Waals surface area contributed by atoms with Crippen LogP contribution in [0, 0.1) is 11.6 Å². The normalized spacial score (nSPS) is 16.1. The summed E-state index contributed by atoms with van der Waals surface area (Å²) in [5.74, 6) is -2.40. The number of piperazine rings is 1. The molecule has 0 saturated carbocycles. The fourth-order valence-electron chi connectivity index (χ4n) is 2.79. The molecule has 1 aliphatic rings. The van der Waals surface area contributed by atoms with Crippen molar-refractivity contribution in [1.29, 1.82) is 0 Å². The molecule has 150 valence electrons. The van der Waals surface area contributed by atoms with Gasteiger partial charge in [-0.25, -0.2) is 17.2 Å². The van der Waals surface area contributed by atoms with E-state index >= 15 is 0 Å². The lowest BCUT2D eigenvalue weighted by molar-refractivity contribution is 0.102. The van der Waals surface area contributed by atoms with Crippen molar-refractivity contribution in [3.63, 3.8) is 0 Å². The Kier molecular flexibility index (Phi) is 5.99. The molecule has 0 aromatic heterocycles. The van der Waals surface area contributed by atoms with Crippen LogP contribution in [-0.4, -0.2) is 56.8 Å². The van der Waals surface area contributed by atoms with Crippen LogP contribution in [0.4, 0.5) is 14.5 Å². The summed E-state index contributed by atoms with van der Waals surface area (Å²) < 4.78 is 54.4. The highest BCUT2D eigenvalue weighted by Gasteiger charge is 2.28. The van der Waals surface area contributed by atoms with Crippen LogP contribution in [0.3, 0.4) is 0 Å². The summed E-state index contributed by atoms with van der Waals surface area (Å²) in [6, 6.07) is 6.58. The Hall–Kier alpha value is -2.07. The topological polar surface area (TPSA) is 69.7 Å². The van der Waals surface area contributed by atoms with Gasteiger partial charge in [0.1, 0.15) is 11.6 Å². The predicted octanol–water partition coefficient (Wildman–Crippen LogP) is 2.81. The summed E-state index contributed by atoms with van der Waals surface area (Å²) in [4.78, 5) is 14.3. The van der Waals surface area contributed by atoms with E-state index in [-0.39, 0.29) is 15.6 Å². The van der Waals surface area contributed by atoms with E-state index in [0.717, 1.165) is 24.3 Å². The molecule has 10 heteroatoms. The van der Waals surface area contributed by atoms with Gasteiger partial charge in [0.25, 0.3) is 5.91 Å². The number of likely N-dealkylation sites (N-methyl/N-ethyl adjacent to an activating group) is 1. The number of benzene rings is 2. The fourth-order valence-corrected chi connectivity index (χ4v) is 4.42. The molecule has 6 nitrogen and oxygen atoms in total. The van der Waals surface area contributed by atoms with Crippen molar-refractivity contribution >= 4 is 33.2 Å². The van der Waals surface area contributed by atoms with Gasteiger partial charge in [-0.15, -0.1) is 0 Å². The number of sulfonamides is 1. The van der Waals surface area contributed by atoms with Crippen LogP contribution in [-0.2, 0) is 10.0 Å². The summed E-state index contributed by atoms with van der Waals surface area (Å²) in [6.45, 7) is 1.79. The first-order chi connectivity index (χ1) is 13.2. The third kappa shape index (κ3) is 4.33. The maximum absolute atomic E-state index is 14.2. The molecule has 2 aromatic rings. The molecule has 1 amide bonds. The summed E-state index contributed by atoms with van der Waals surface area (Å²) in [7, 11) is -1.96. The first-order valence-corrected chi connectivity index (χ1v) is 10.2. The zero-order valence-corrected chi connectivity index (χ0v) is 16.5. The first kappa shape index (κ1) is 20.7. The quantitative estimate of drug-likeness (QED) is 0.811. The molecule has 1 heterocycles. The largest absolute Gasteiger partial charge is 0.322 e.